The predicted octanol–water partition coefficient (Wildman–Crippen LogP) is 0.343. The summed E-state index contributed by atoms with van der Waals surface area (Å²) in [7, 11) is 5.97. The zero-order valence-corrected chi connectivity index (χ0v) is 8.95. The first-order valence-electron chi connectivity index (χ1n) is 4.50. The van der Waals surface area contributed by atoms with Crippen LogP contribution in [0.5, 0.6) is 0 Å². The van der Waals surface area contributed by atoms with Crippen LogP contribution in [0.3, 0.4) is 0 Å². The van der Waals surface area contributed by atoms with Crippen LogP contribution < -0.4 is 0 Å². The number of carboxylic acid groups (broad SMARTS) is 1. The fourth-order valence-electron chi connectivity index (χ4n) is 0.987. The summed E-state index contributed by atoms with van der Waals surface area (Å²) in [4.78, 5) is 14.6. The smallest absolute Gasteiger partial charge is 0.304 e. The lowest BCUT2D eigenvalue weighted by Gasteiger charge is -2.24. The molecule has 0 radical (unpaired) electrons. The van der Waals surface area contributed by atoms with Crippen LogP contribution in [0, 0.1) is 0 Å². The van der Waals surface area contributed by atoms with E-state index in [-0.39, 0.29) is 12.5 Å². The maximum atomic E-state index is 10.4. The van der Waals surface area contributed by atoms with E-state index in [1.807, 2.05) is 28.1 Å². The highest BCUT2D eigenvalue weighted by Crippen LogP contribution is 2.00. The lowest BCUT2D eigenvalue weighted by molar-refractivity contribution is -0.138. The number of aliphatic carboxylic acids is 1. The summed E-state index contributed by atoms with van der Waals surface area (Å²) in [6, 6.07) is 0.109. The Morgan fingerprint density at radius 3 is 2.23 bits per heavy atom. The van der Waals surface area contributed by atoms with Gasteiger partial charge in [0.2, 0.25) is 0 Å². The van der Waals surface area contributed by atoms with Crippen molar-refractivity contribution in [2.45, 2.75) is 19.4 Å². The van der Waals surface area contributed by atoms with E-state index >= 15 is 0 Å². The monoisotopic (exact) mass is 188 g/mol. The van der Waals surface area contributed by atoms with E-state index in [0.717, 1.165) is 13.1 Å². The van der Waals surface area contributed by atoms with E-state index in [1.54, 1.807) is 0 Å². The van der Waals surface area contributed by atoms with Crippen LogP contribution in [0.4, 0.5) is 0 Å². The average Bonchev–Trinajstić information content (AvgIpc) is 1.98. The summed E-state index contributed by atoms with van der Waals surface area (Å²) < 4.78 is 0. The summed E-state index contributed by atoms with van der Waals surface area (Å²) >= 11 is 0. The van der Waals surface area contributed by atoms with Crippen molar-refractivity contribution in [3.05, 3.63) is 0 Å². The SMILES string of the molecule is CC(CC(=O)O)N(C)CCN(C)C. The molecule has 0 saturated heterocycles. The summed E-state index contributed by atoms with van der Waals surface area (Å²) in [6.07, 6.45) is 0.212. The van der Waals surface area contributed by atoms with Gasteiger partial charge in [-0.3, -0.25) is 4.79 Å². The van der Waals surface area contributed by atoms with Gasteiger partial charge in [0.25, 0.3) is 0 Å². The average molecular weight is 188 g/mol. The summed E-state index contributed by atoms with van der Waals surface area (Å²) in [6.45, 7) is 3.80. The molecule has 0 rings (SSSR count). The minimum absolute atomic E-state index is 0.109. The molecule has 0 aromatic carbocycles. The topological polar surface area (TPSA) is 43.8 Å². The minimum atomic E-state index is -0.732. The lowest BCUT2D eigenvalue weighted by atomic mass is 10.2. The first-order valence-corrected chi connectivity index (χ1v) is 4.50. The molecule has 0 spiro atoms. The summed E-state index contributed by atoms with van der Waals surface area (Å²) in [5, 5.41) is 8.57. The van der Waals surface area contributed by atoms with Crippen molar-refractivity contribution in [3.8, 4) is 0 Å². The Morgan fingerprint density at radius 1 is 1.31 bits per heavy atom. The molecule has 1 unspecified atom stereocenters. The molecule has 0 aromatic rings. The number of hydrogen-bond donors (Lipinski definition) is 1. The number of likely N-dealkylation sites (N-methyl/N-ethyl adjacent to an activating group) is 2. The molecule has 0 heterocycles. The third-order valence-electron chi connectivity index (χ3n) is 2.12. The van der Waals surface area contributed by atoms with E-state index in [1.165, 1.54) is 0 Å². The van der Waals surface area contributed by atoms with Gasteiger partial charge in [0.15, 0.2) is 0 Å². The molecule has 0 bridgehead atoms. The van der Waals surface area contributed by atoms with E-state index in [0.29, 0.717) is 0 Å². The maximum Gasteiger partial charge on any atom is 0.304 e. The normalized spacial score (nSPS) is 13.7. The van der Waals surface area contributed by atoms with Gasteiger partial charge in [0, 0.05) is 19.1 Å². The van der Waals surface area contributed by atoms with E-state index in [9.17, 15) is 4.79 Å². The Balaban J connectivity index is 3.68. The van der Waals surface area contributed by atoms with Gasteiger partial charge < -0.3 is 14.9 Å². The van der Waals surface area contributed by atoms with Gasteiger partial charge >= 0.3 is 5.97 Å². The molecule has 13 heavy (non-hydrogen) atoms. The lowest BCUT2D eigenvalue weighted by Crippen LogP contribution is -2.36. The molecule has 4 nitrogen and oxygen atoms in total. The van der Waals surface area contributed by atoms with Crippen molar-refractivity contribution in [1.29, 1.82) is 0 Å². The number of hydrogen-bond acceptors (Lipinski definition) is 3. The Labute approximate surface area is 80.1 Å². The molecule has 0 fully saturated rings. The van der Waals surface area contributed by atoms with E-state index < -0.39 is 5.97 Å². The number of rotatable bonds is 6. The fourth-order valence-corrected chi connectivity index (χ4v) is 0.987. The van der Waals surface area contributed by atoms with Crippen LogP contribution in [0.2, 0.25) is 0 Å². The quantitative estimate of drug-likeness (QED) is 0.653. The number of nitrogens with zero attached hydrogens (tertiary/aromatic N) is 2. The third-order valence-corrected chi connectivity index (χ3v) is 2.12. The molecule has 0 amide bonds. The highest BCUT2D eigenvalue weighted by atomic mass is 16.4. The molecule has 0 aliphatic rings. The Kier molecular flexibility index (Phi) is 5.66. The van der Waals surface area contributed by atoms with Crippen molar-refractivity contribution >= 4 is 5.97 Å². The second-order valence-corrected chi connectivity index (χ2v) is 3.73. The molecule has 0 aromatic heterocycles. The Bertz CT molecular complexity index is 160. The van der Waals surface area contributed by atoms with Gasteiger partial charge in [-0.05, 0) is 28.1 Å². The standard InChI is InChI=1S/C9H20N2O2/c1-8(7-9(12)13)11(4)6-5-10(2)3/h8H,5-7H2,1-4H3,(H,12,13). The molecule has 0 aliphatic heterocycles. The first kappa shape index (κ1) is 12.4. The first-order chi connectivity index (χ1) is 5.93. The molecule has 1 N–H and O–H groups in total. The fraction of sp³-hybridized carbons (Fsp3) is 0.889. The number of carbonyl (C=O) groups is 1. The minimum Gasteiger partial charge on any atom is -0.481 e. The van der Waals surface area contributed by atoms with Crippen LogP contribution in [0.15, 0.2) is 0 Å². The predicted molar refractivity (Wildman–Crippen MR) is 52.9 cm³/mol. The molecule has 1 atom stereocenters. The second-order valence-electron chi connectivity index (χ2n) is 3.73. The zero-order valence-electron chi connectivity index (χ0n) is 8.95. The van der Waals surface area contributed by atoms with Crippen LogP contribution in [0.1, 0.15) is 13.3 Å². The van der Waals surface area contributed by atoms with Crippen molar-refractivity contribution in [2.24, 2.45) is 0 Å². The van der Waals surface area contributed by atoms with Gasteiger partial charge in [-0.25, -0.2) is 0 Å². The largest absolute Gasteiger partial charge is 0.481 e. The molecular weight excluding hydrogens is 168 g/mol. The van der Waals surface area contributed by atoms with Crippen molar-refractivity contribution in [1.82, 2.24) is 9.80 Å². The van der Waals surface area contributed by atoms with Crippen LogP contribution in [-0.2, 0) is 4.79 Å². The van der Waals surface area contributed by atoms with Crippen LogP contribution in [0.25, 0.3) is 0 Å². The van der Waals surface area contributed by atoms with Gasteiger partial charge in [0.1, 0.15) is 0 Å². The van der Waals surface area contributed by atoms with Crippen LogP contribution >= 0.6 is 0 Å². The summed E-state index contributed by atoms with van der Waals surface area (Å²) in [5.41, 5.74) is 0. The zero-order chi connectivity index (χ0) is 10.4. The molecule has 0 saturated carbocycles. The third kappa shape index (κ3) is 6.54. The highest BCUT2D eigenvalue weighted by Gasteiger charge is 2.12. The van der Waals surface area contributed by atoms with E-state index in [4.69, 9.17) is 5.11 Å². The maximum absolute atomic E-state index is 10.4. The highest BCUT2D eigenvalue weighted by molar-refractivity contribution is 5.67. The molecule has 4 heteroatoms. The van der Waals surface area contributed by atoms with Gasteiger partial charge in [-0.2, -0.15) is 0 Å². The number of carboxylic acids is 1. The van der Waals surface area contributed by atoms with E-state index in [2.05, 4.69) is 9.80 Å². The Hall–Kier alpha value is -0.610. The molecule has 0 aliphatic carbocycles. The van der Waals surface area contributed by atoms with Gasteiger partial charge in [-0.1, -0.05) is 0 Å². The van der Waals surface area contributed by atoms with Crippen molar-refractivity contribution in [3.63, 3.8) is 0 Å². The summed E-state index contributed by atoms with van der Waals surface area (Å²) in [5.74, 6) is -0.732. The van der Waals surface area contributed by atoms with Gasteiger partial charge in [-0.15, -0.1) is 0 Å². The van der Waals surface area contributed by atoms with Crippen molar-refractivity contribution < 1.29 is 9.90 Å². The molecule has 78 valence electrons. The Morgan fingerprint density at radius 2 is 1.85 bits per heavy atom. The van der Waals surface area contributed by atoms with Crippen molar-refractivity contribution in [2.75, 3.05) is 34.2 Å². The van der Waals surface area contributed by atoms with Crippen LogP contribution in [-0.4, -0.2) is 61.2 Å². The second kappa shape index (κ2) is 5.94. The van der Waals surface area contributed by atoms with Gasteiger partial charge in [0.05, 0.1) is 6.42 Å². The molecular formula is C9H20N2O2.